The molecule has 0 aliphatic carbocycles. The number of nitrogens with zero attached hydrogens (tertiary/aromatic N) is 3. The smallest absolute Gasteiger partial charge is 0.274 e. The zero-order valence-electron chi connectivity index (χ0n) is 16.5. The highest BCUT2D eigenvalue weighted by Crippen LogP contribution is 2.26. The number of carbonyl (C=O) groups excluding carboxylic acids is 3. The minimum absolute atomic E-state index is 0.0156. The van der Waals surface area contributed by atoms with Gasteiger partial charge in [0.2, 0.25) is 0 Å². The van der Waals surface area contributed by atoms with E-state index in [1.807, 2.05) is 11.8 Å². The van der Waals surface area contributed by atoms with Crippen LogP contribution >= 0.6 is 0 Å². The molecule has 2 aliphatic rings. The van der Waals surface area contributed by atoms with Gasteiger partial charge < -0.3 is 14.8 Å². The number of likely N-dealkylation sites (tertiary alicyclic amines) is 1. The second kappa shape index (κ2) is 6.92. The molecule has 1 fully saturated rings. The van der Waals surface area contributed by atoms with Gasteiger partial charge in [-0.3, -0.25) is 19.5 Å². The van der Waals surface area contributed by atoms with E-state index in [1.165, 1.54) is 6.92 Å². The highest BCUT2D eigenvalue weighted by molar-refractivity contribution is 6.02. The number of hydrogen-bond acceptors (Lipinski definition) is 4. The first kappa shape index (κ1) is 18.5. The summed E-state index contributed by atoms with van der Waals surface area (Å²) in [4.78, 5) is 44.2. The van der Waals surface area contributed by atoms with Crippen molar-refractivity contribution in [3.63, 3.8) is 0 Å². The van der Waals surface area contributed by atoms with Crippen molar-refractivity contribution >= 4 is 17.6 Å². The standard InChI is InChI=1S/C20H25N5O3/c1-11-16(12(2)21-17(11)13(3)26)19(27)25-9-6-14-15(10-25)22-23-18(14)20(28)24-7-4-5-8-24/h21H,4-10H2,1-3H3,(H,22,23). The van der Waals surface area contributed by atoms with Gasteiger partial charge >= 0.3 is 0 Å². The molecule has 0 unspecified atom stereocenters. The van der Waals surface area contributed by atoms with Gasteiger partial charge in [0.15, 0.2) is 11.5 Å². The maximum Gasteiger partial charge on any atom is 0.274 e. The maximum atomic E-state index is 13.1. The molecule has 0 bridgehead atoms. The Morgan fingerprint density at radius 1 is 1.00 bits per heavy atom. The summed E-state index contributed by atoms with van der Waals surface area (Å²) in [6.07, 6.45) is 2.67. The van der Waals surface area contributed by atoms with Gasteiger partial charge in [-0.2, -0.15) is 5.10 Å². The van der Waals surface area contributed by atoms with Crippen LogP contribution in [0.15, 0.2) is 0 Å². The van der Waals surface area contributed by atoms with Gasteiger partial charge in [-0.15, -0.1) is 0 Å². The number of H-pyrrole nitrogens is 2. The molecule has 4 heterocycles. The molecular weight excluding hydrogens is 358 g/mol. The number of nitrogens with one attached hydrogen (secondary N) is 2. The normalized spacial score (nSPS) is 16.4. The Labute approximate surface area is 163 Å². The Morgan fingerprint density at radius 3 is 2.36 bits per heavy atom. The molecule has 0 atom stereocenters. The van der Waals surface area contributed by atoms with E-state index in [2.05, 4.69) is 15.2 Å². The van der Waals surface area contributed by atoms with E-state index in [0.717, 1.165) is 37.2 Å². The summed E-state index contributed by atoms with van der Waals surface area (Å²) in [6, 6.07) is 0. The lowest BCUT2D eigenvalue weighted by Gasteiger charge is -2.27. The molecule has 0 spiro atoms. The summed E-state index contributed by atoms with van der Waals surface area (Å²) in [5, 5.41) is 7.23. The monoisotopic (exact) mass is 383 g/mol. The first-order chi connectivity index (χ1) is 13.4. The Kier molecular flexibility index (Phi) is 4.56. The molecule has 8 nitrogen and oxygen atoms in total. The molecule has 2 aliphatic heterocycles. The van der Waals surface area contributed by atoms with Crippen molar-refractivity contribution in [3.8, 4) is 0 Å². The highest BCUT2D eigenvalue weighted by atomic mass is 16.2. The fraction of sp³-hybridized carbons (Fsp3) is 0.500. The van der Waals surface area contributed by atoms with E-state index in [0.29, 0.717) is 47.7 Å². The summed E-state index contributed by atoms with van der Waals surface area (Å²) < 4.78 is 0. The van der Waals surface area contributed by atoms with Crippen LogP contribution in [0.5, 0.6) is 0 Å². The quantitative estimate of drug-likeness (QED) is 0.791. The minimum atomic E-state index is -0.105. The van der Waals surface area contributed by atoms with Crippen LogP contribution < -0.4 is 0 Å². The highest BCUT2D eigenvalue weighted by Gasteiger charge is 2.32. The molecule has 148 valence electrons. The zero-order chi connectivity index (χ0) is 20.0. The number of ketones is 1. The first-order valence-electron chi connectivity index (χ1n) is 9.73. The topological polar surface area (TPSA) is 102 Å². The zero-order valence-corrected chi connectivity index (χ0v) is 16.5. The lowest BCUT2D eigenvalue weighted by atomic mass is 10.0. The molecule has 4 rings (SSSR count). The lowest BCUT2D eigenvalue weighted by molar-refractivity contribution is 0.0731. The number of aromatic nitrogens is 3. The van der Waals surface area contributed by atoms with Crippen LogP contribution in [0.25, 0.3) is 0 Å². The van der Waals surface area contributed by atoms with Crippen LogP contribution in [0.1, 0.15) is 73.6 Å². The van der Waals surface area contributed by atoms with Crippen molar-refractivity contribution in [1.29, 1.82) is 0 Å². The molecular formula is C20H25N5O3. The molecule has 2 N–H and O–H groups in total. The second-order valence-corrected chi connectivity index (χ2v) is 7.69. The van der Waals surface area contributed by atoms with Crippen molar-refractivity contribution in [1.82, 2.24) is 25.0 Å². The average molecular weight is 383 g/mol. The lowest BCUT2D eigenvalue weighted by Crippen LogP contribution is -2.37. The number of fused-ring (bicyclic) bond motifs is 1. The summed E-state index contributed by atoms with van der Waals surface area (Å²) in [6.45, 7) is 7.57. The molecule has 0 radical (unpaired) electrons. The number of rotatable bonds is 3. The summed E-state index contributed by atoms with van der Waals surface area (Å²) >= 11 is 0. The number of aryl methyl sites for hydroxylation is 1. The predicted molar refractivity (Wildman–Crippen MR) is 102 cm³/mol. The molecule has 8 heteroatoms. The molecule has 0 saturated carbocycles. The third-order valence-corrected chi connectivity index (χ3v) is 5.82. The van der Waals surface area contributed by atoms with Gasteiger partial charge in [-0.25, -0.2) is 0 Å². The number of Topliss-reactive ketones (excluding diaryl/α,β-unsaturated/α-hetero) is 1. The van der Waals surface area contributed by atoms with Gasteiger partial charge in [-0.05, 0) is 38.7 Å². The third-order valence-electron chi connectivity index (χ3n) is 5.82. The Balaban J connectivity index is 1.56. The molecule has 0 aromatic carbocycles. The maximum absolute atomic E-state index is 13.1. The van der Waals surface area contributed by atoms with Crippen LogP contribution in [0.4, 0.5) is 0 Å². The van der Waals surface area contributed by atoms with Crippen molar-refractivity contribution < 1.29 is 14.4 Å². The minimum Gasteiger partial charge on any atom is -0.355 e. The molecule has 28 heavy (non-hydrogen) atoms. The van der Waals surface area contributed by atoms with E-state index in [-0.39, 0.29) is 17.6 Å². The largest absolute Gasteiger partial charge is 0.355 e. The van der Waals surface area contributed by atoms with Crippen LogP contribution in [-0.4, -0.2) is 62.2 Å². The number of aromatic amines is 2. The van der Waals surface area contributed by atoms with Crippen molar-refractivity contribution in [3.05, 3.63) is 39.5 Å². The summed E-state index contributed by atoms with van der Waals surface area (Å²) in [7, 11) is 0. The second-order valence-electron chi connectivity index (χ2n) is 7.69. The van der Waals surface area contributed by atoms with Crippen molar-refractivity contribution in [2.45, 2.75) is 46.6 Å². The van der Waals surface area contributed by atoms with Crippen molar-refractivity contribution in [2.24, 2.45) is 0 Å². The van der Waals surface area contributed by atoms with Crippen LogP contribution in [0.3, 0.4) is 0 Å². The predicted octanol–water partition coefficient (Wildman–Crippen LogP) is 1.99. The first-order valence-corrected chi connectivity index (χ1v) is 9.73. The fourth-order valence-electron chi connectivity index (χ4n) is 4.32. The van der Waals surface area contributed by atoms with Gasteiger partial charge in [0.05, 0.1) is 23.5 Å². The summed E-state index contributed by atoms with van der Waals surface area (Å²) in [5.74, 6) is -0.205. The van der Waals surface area contributed by atoms with Crippen molar-refractivity contribution in [2.75, 3.05) is 19.6 Å². The number of hydrogen-bond donors (Lipinski definition) is 2. The van der Waals surface area contributed by atoms with Gasteiger partial charge in [0.25, 0.3) is 11.8 Å². The molecule has 2 amide bonds. The van der Waals surface area contributed by atoms with Gasteiger partial charge in [0.1, 0.15) is 0 Å². The molecule has 2 aromatic rings. The fourth-order valence-corrected chi connectivity index (χ4v) is 4.32. The van der Waals surface area contributed by atoms with E-state index in [1.54, 1.807) is 11.8 Å². The van der Waals surface area contributed by atoms with E-state index in [4.69, 9.17) is 0 Å². The van der Waals surface area contributed by atoms with Crippen LogP contribution in [-0.2, 0) is 13.0 Å². The van der Waals surface area contributed by atoms with Crippen LogP contribution in [0, 0.1) is 13.8 Å². The Hall–Kier alpha value is -2.90. The molecule has 1 saturated heterocycles. The Morgan fingerprint density at radius 2 is 1.71 bits per heavy atom. The van der Waals surface area contributed by atoms with E-state index in [9.17, 15) is 14.4 Å². The summed E-state index contributed by atoms with van der Waals surface area (Å²) in [5.41, 5.74) is 4.67. The van der Waals surface area contributed by atoms with E-state index >= 15 is 0 Å². The van der Waals surface area contributed by atoms with Gasteiger partial charge in [0, 0.05) is 37.8 Å². The Bertz CT molecular complexity index is 965. The van der Waals surface area contributed by atoms with E-state index < -0.39 is 0 Å². The third kappa shape index (κ3) is 2.93. The SMILES string of the molecule is CC(=O)c1[nH]c(C)c(C(=O)N2CCc3c(C(=O)N4CCCC4)n[nH]c3C2)c1C. The average Bonchev–Trinajstić information content (AvgIpc) is 3.39. The number of carbonyl (C=O) groups is 3. The van der Waals surface area contributed by atoms with Crippen LogP contribution in [0.2, 0.25) is 0 Å². The molecule has 2 aromatic heterocycles. The van der Waals surface area contributed by atoms with Gasteiger partial charge in [-0.1, -0.05) is 0 Å². The number of amides is 2.